The Labute approximate surface area is 174 Å². The van der Waals surface area contributed by atoms with Crippen LogP contribution < -0.4 is 10.2 Å². The van der Waals surface area contributed by atoms with Gasteiger partial charge in [-0.1, -0.05) is 0 Å². The smallest absolute Gasteiger partial charge is 0.374 e. The summed E-state index contributed by atoms with van der Waals surface area (Å²) in [7, 11) is 0. The number of carbonyl (C=O) groups excluding carboxylic acids is 2. The number of rotatable bonds is 7. The van der Waals surface area contributed by atoms with Crippen molar-refractivity contribution in [2.24, 2.45) is 0 Å². The Morgan fingerprint density at radius 3 is 2.77 bits per heavy atom. The summed E-state index contributed by atoms with van der Waals surface area (Å²) in [6, 6.07) is 11.0. The van der Waals surface area contributed by atoms with Crippen LogP contribution in [0.3, 0.4) is 0 Å². The van der Waals surface area contributed by atoms with Crippen molar-refractivity contribution in [3.63, 3.8) is 0 Å². The fourth-order valence-corrected chi connectivity index (χ4v) is 3.47. The molecular weight excluding hydrogens is 384 g/mol. The first-order chi connectivity index (χ1) is 14.6. The number of aromatic nitrogens is 2. The van der Waals surface area contributed by atoms with Crippen molar-refractivity contribution in [3.05, 3.63) is 65.9 Å². The van der Waals surface area contributed by atoms with Gasteiger partial charge >= 0.3 is 5.97 Å². The predicted molar refractivity (Wildman–Crippen MR) is 112 cm³/mol. The first-order valence-electron chi connectivity index (χ1n) is 9.97. The van der Waals surface area contributed by atoms with Crippen LogP contribution in [0.25, 0.3) is 0 Å². The van der Waals surface area contributed by atoms with E-state index in [2.05, 4.69) is 21.4 Å². The lowest BCUT2D eigenvalue weighted by molar-refractivity contribution is -0.119. The Balaban J connectivity index is 1.28. The summed E-state index contributed by atoms with van der Waals surface area (Å²) in [4.78, 5) is 26.7. The van der Waals surface area contributed by atoms with Crippen molar-refractivity contribution in [1.29, 1.82) is 0 Å². The normalized spacial score (nSPS) is 13.4. The second-order valence-corrected chi connectivity index (χ2v) is 7.29. The van der Waals surface area contributed by atoms with Gasteiger partial charge in [-0.15, -0.1) is 0 Å². The summed E-state index contributed by atoms with van der Waals surface area (Å²) in [5, 5.41) is 6.88. The molecule has 1 saturated heterocycles. The number of ether oxygens (including phenoxy) is 1. The minimum absolute atomic E-state index is 0.0519. The number of carbonyl (C=O) groups is 2. The second-order valence-electron chi connectivity index (χ2n) is 7.29. The van der Waals surface area contributed by atoms with Gasteiger partial charge in [0.25, 0.3) is 5.91 Å². The van der Waals surface area contributed by atoms with Gasteiger partial charge in [0.15, 0.2) is 6.61 Å². The molecule has 4 rings (SSSR count). The van der Waals surface area contributed by atoms with Crippen molar-refractivity contribution >= 4 is 23.3 Å². The zero-order valence-electron chi connectivity index (χ0n) is 16.8. The molecule has 8 nitrogen and oxygen atoms in total. The molecule has 156 valence electrons. The molecule has 1 aliphatic heterocycles. The average molecular weight is 408 g/mol. The van der Waals surface area contributed by atoms with Crippen LogP contribution in [0.15, 0.2) is 53.2 Å². The number of anilines is 2. The summed E-state index contributed by atoms with van der Waals surface area (Å²) >= 11 is 0. The van der Waals surface area contributed by atoms with Crippen LogP contribution >= 0.6 is 0 Å². The lowest BCUT2D eigenvalue weighted by Gasteiger charge is -2.19. The van der Waals surface area contributed by atoms with E-state index in [-0.39, 0.29) is 12.4 Å². The van der Waals surface area contributed by atoms with Crippen molar-refractivity contribution in [1.82, 2.24) is 9.78 Å². The van der Waals surface area contributed by atoms with Crippen LogP contribution in [0.4, 0.5) is 11.4 Å². The molecule has 3 aromatic rings. The van der Waals surface area contributed by atoms with E-state index in [1.54, 1.807) is 29.2 Å². The average Bonchev–Trinajstić information content (AvgIpc) is 3.51. The zero-order valence-corrected chi connectivity index (χ0v) is 16.8. The third kappa shape index (κ3) is 4.71. The minimum Gasteiger partial charge on any atom is -0.452 e. The predicted octanol–water partition coefficient (Wildman–Crippen LogP) is 3.23. The molecule has 0 spiro atoms. The van der Waals surface area contributed by atoms with Crippen molar-refractivity contribution < 1.29 is 18.7 Å². The van der Waals surface area contributed by atoms with E-state index < -0.39 is 11.9 Å². The third-order valence-electron chi connectivity index (χ3n) is 5.03. The Kier molecular flexibility index (Phi) is 5.83. The van der Waals surface area contributed by atoms with Crippen LogP contribution in [0.2, 0.25) is 0 Å². The summed E-state index contributed by atoms with van der Waals surface area (Å²) < 4.78 is 12.2. The Morgan fingerprint density at radius 2 is 2.03 bits per heavy atom. The van der Waals surface area contributed by atoms with Gasteiger partial charge in [0.05, 0.1) is 6.54 Å². The standard InChI is InChI=1S/C22H24N4O4/c1-16-13-17(25-10-2-3-11-25)5-7-19(16)24-21(27)15-29-22(28)20-8-6-18(30-20)14-26-12-4-9-23-26/h4-9,12-13H,2-3,10-11,14-15H2,1H3,(H,24,27). The second kappa shape index (κ2) is 8.86. The zero-order chi connectivity index (χ0) is 20.9. The Morgan fingerprint density at radius 1 is 1.20 bits per heavy atom. The first-order valence-corrected chi connectivity index (χ1v) is 9.97. The van der Waals surface area contributed by atoms with Crippen LogP contribution in [0, 0.1) is 6.92 Å². The van der Waals surface area contributed by atoms with Gasteiger partial charge in [-0.3, -0.25) is 9.48 Å². The van der Waals surface area contributed by atoms with Gasteiger partial charge in [-0.25, -0.2) is 4.79 Å². The van der Waals surface area contributed by atoms with E-state index in [0.29, 0.717) is 18.0 Å². The highest BCUT2D eigenvalue weighted by molar-refractivity contribution is 5.95. The van der Waals surface area contributed by atoms with Gasteiger partial charge in [0, 0.05) is 36.9 Å². The number of esters is 1. The maximum Gasteiger partial charge on any atom is 0.374 e. The number of amides is 1. The molecule has 0 bridgehead atoms. The molecule has 1 amide bonds. The molecular formula is C22H24N4O4. The lowest BCUT2D eigenvalue weighted by atomic mass is 10.1. The number of furan rings is 1. The van der Waals surface area contributed by atoms with E-state index in [9.17, 15) is 9.59 Å². The molecule has 1 aromatic carbocycles. The van der Waals surface area contributed by atoms with Crippen molar-refractivity contribution in [3.8, 4) is 0 Å². The summed E-state index contributed by atoms with van der Waals surface area (Å²) in [6.07, 6.45) is 5.88. The molecule has 0 radical (unpaired) electrons. The van der Waals surface area contributed by atoms with Gasteiger partial charge in [-0.05, 0) is 61.7 Å². The fraction of sp³-hybridized carbons (Fsp3) is 0.318. The van der Waals surface area contributed by atoms with Gasteiger partial charge < -0.3 is 19.4 Å². The van der Waals surface area contributed by atoms with E-state index >= 15 is 0 Å². The van der Waals surface area contributed by atoms with Gasteiger partial charge in [0.2, 0.25) is 5.76 Å². The minimum atomic E-state index is -0.682. The third-order valence-corrected chi connectivity index (χ3v) is 5.03. The highest BCUT2D eigenvalue weighted by atomic mass is 16.5. The largest absolute Gasteiger partial charge is 0.452 e. The maximum absolute atomic E-state index is 12.2. The van der Waals surface area contributed by atoms with Crippen LogP contribution in [-0.2, 0) is 16.1 Å². The van der Waals surface area contributed by atoms with E-state index in [4.69, 9.17) is 9.15 Å². The number of aryl methyl sites for hydroxylation is 1. The number of nitrogens with one attached hydrogen (secondary N) is 1. The van der Waals surface area contributed by atoms with Crippen molar-refractivity contribution in [2.75, 3.05) is 29.9 Å². The number of hydrogen-bond donors (Lipinski definition) is 1. The van der Waals surface area contributed by atoms with Gasteiger partial charge in [-0.2, -0.15) is 5.10 Å². The molecule has 1 fully saturated rings. The first kappa shape index (κ1) is 19.8. The summed E-state index contributed by atoms with van der Waals surface area (Å²) in [5.74, 6) is -0.457. The topological polar surface area (TPSA) is 89.6 Å². The maximum atomic E-state index is 12.2. The molecule has 0 atom stereocenters. The molecule has 1 aliphatic rings. The van der Waals surface area contributed by atoms with Crippen LogP contribution in [0.1, 0.15) is 34.7 Å². The monoisotopic (exact) mass is 408 g/mol. The molecule has 3 heterocycles. The molecule has 8 heteroatoms. The molecule has 0 saturated carbocycles. The van der Waals surface area contributed by atoms with E-state index in [0.717, 1.165) is 24.3 Å². The van der Waals surface area contributed by atoms with Crippen LogP contribution in [0.5, 0.6) is 0 Å². The molecule has 30 heavy (non-hydrogen) atoms. The lowest BCUT2D eigenvalue weighted by Crippen LogP contribution is -2.21. The fourth-order valence-electron chi connectivity index (χ4n) is 3.47. The highest BCUT2D eigenvalue weighted by Crippen LogP contribution is 2.25. The van der Waals surface area contributed by atoms with Crippen molar-refractivity contribution in [2.45, 2.75) is 26.3 Å². The van der Waals surface area contributed by atoms with Crippen LogP contribution in [-0.4, -0.2) is 41.4 Å². The molecule has 1 N–H and O–H groups in total. The van der Waals surface area contributed by atoms with Gasteiger partial charge in [0.1, 0.15) is 5.76 Å². The SMILES string of the molecule is Cc1cc(N2CCCC2)ccc1NC(=O)COC(=O)c1ccc(Cn2cccn2)o1. The summed E-state index contributed by atoms with van der Waals surface area (Å²) in [6.45, 7) is 4.11. The molecule has 0 aliphatic carbocycles. The number of nitrogens with zero attached hydrogens (tertiary/aromatic N) is 3. The Hall–Kier alpha value is -3.55. The molecule has 2 aromatic heterocycles. The molecule has 0 unspecified atom stereocenters. The van der Waals surface area contributed by atoms with E-state index in [1.807, 2.05) is 19.1 Å². The van der Waals surface area contributed by atoms with E-state index in [1.165, 1.54) is 18.9 Å². The highest BCUT2D eigenvalue weighted by Gasteiger charge is 2.16. The summed E-state index contributed by atoms with van der Waals surface area (Å²) in [5.41, 5.74) is 2.84. The number of hydrogen-bond acceptors (Lipinski definition) is 6. The number of benzene rings is 1. The Bertz CT molecular complexity index is 1020. The quantitative estimate of drug-likeness (QED) is 0.604.